The first-order chi connectivity index (χ1) is 9.02. The van der Waals surface area contributed by atoms with Crippen LogP contribution >= 0.6 is 0 Å². The molecule has 1 aliphatic carbocycles. The lowest BCUT2D eigenvalue weighted by Gasteiger charge is -2.24. The SMILES string of the molecule is COc1cc(C(=O)N(CC(C)C)C2CC2)ccc1N. The molecule has 0 unspecified atom stereocenters. The molecule has 4 heteroatoms. The molecule has 1 aliphatic rings. The number of nitrogens with two attached hydrogens (primary N) is 1. The van der Waals surface area contributed by atoms with Crippen molar-refractivity contribution in [1.82, 2.24) is 4.90 Å². The molecule has 0 saturated heterocycles. The number of nitrogen functional groups attached to an aromatic ring is 1. The first-order valence-electron chi connectivity index (χ1n) is 6.77. The van der Waals surface area contributed by atoms with E-state index in [1.54, 1.807) is 25.3 Å². The molecule has 4 nitrogen and oxygen atoms in total. The molecule has 1 saturated carbocycles. The molecule has 1 amide bonds. The number of carbonyl (C=O) groups excluding carboxylic acids is 1. The predicted octanol–water partition coefficient (Wildman–Crippen LogP) is 2.54. The van der Waals surface area contributed by atoms with Gasteiger partial charge in [0.1, 0.15) is 5.75 Å². The minimum atomic E-state index is 0.0782. The van der Waals surface area contributed by atoms with Crippen molar-refractivity contribution in [1.29, 1.82) is 0 Å². The molecule has 0 aromatic heterocycles. The summed E-state index contributed by atoms with van der Waals surface area (Å²) in [7, 11) is 1.56. The number of ether oxygens (including phenoxy) is 1. The van der Waals surface area contributed by atoms with Gasteiger partial charge in [-0.25, -0.2) is 0 Å². The topological polar surface area (TPSA) is 55.6 Å². The average molecular weight is 262 g/mol. The zero-order chi connectivity index (χ0) is 14.0. The third-order valence-electron chi connectivity index (χ3n) is 3.29. The number of anilines is 1. The molecular weight excluding hydrogens is 240 g/mol. The van der Waals surface area contributed by atoms with Gasteiger partial charge in [-0.1, -0.05) is 13.8 Å². The number of nitrogens with zero attached hydrogens (tertiary/aromatic N) is 1. The van der Waals surface area contributed by atoms with Crippen LogP contribution < -0.4 is 10.5 Å². The van der Waals surface area contributed by atoms with Crippen LogP contribution in [0.4, 0.5) is 5.69 Å². The summed E-state index contributed by atoms with van der Waals surface area (Å²) in [4.78, 5) is 14.6. The summed E-state index contributed by atoms with van der Waals surface area (Å²) in [5.41, 5.74) is 6.99. The largest absolute Gasteiger partial charge is 0.495 e. The molecule has 0 atom stereocenters. The van der Waals surface area contributed by atoms with E-state index >= 15 is 0 Å². The first kappa shape index (κ1) is 13.7. The summed E-state index contributed by atoms with van der Waals surface area (Å²) in [5.74, 6) is 1.11. The van der Waals surface area contributed by atoms with E-state index in [0.717, 1.165) is 19.4 Å². The van der Waals surface area contributed by atoms with E-state index in [2.05, 4.69) is 13.8 Å². The van der Waals surface area contributed by atoms with Crippen LogP contribution in [0.5, 0.6) is 5.75 Å². The van der Waals surface area contributed by atoms with Crippen LogP contribution in [0.2, 0.25) is 0 Å². The normalized spacial score (nSPS) is 14.5. The van der Waals surface area contributed by atoms with Crippen LogP contribution in [-0.2, 0) is 0 Å². The van der Waals surface area contributed by atoms with Crippen molar-refractivity contribution >= 4 is 11.6 Å². The predicted molar refractivity (Wildman–Crippen MR) is 76.3 cm³/mol. The maximum atomic E-state index is 12.6. The van der Waals surface area contributed by atoms with E-state index in [0.29, 0.717) is 29.0 Å². The van der Waals surface area contributed by atoms with Crippen molar-refractivity contribution < 1.29 is 9.53 Å². The standard InChI is InChI=1S/C15H22N2O2/c1-10(2)9-17(12-5-6-12)15(18)11-4-7-13(16)14(8-11)19-3/h4,7-8,10,12H,5-6,9,16H2,1-3H3. The van der Waals surface area contributed by atoms with E-state index in [1.807, 2.05) is 4.90 Å². The maximum absolute atomic E-state index is 12.6. The second-order valence-corrected chi connectivity index (χ2v) is 5.54. The minimum Gasteiger partial charge on any atom is -0.495 e. The van der Waals surface area contributed by atoms with E-state index in [1.165, 1.54) is 0 Å². The smallest absolute Gasteiger partial charge is 0.254 e. The molecular formula is C15H22N2O2. The zero-order valence-electron chi connectivity index (χ0n) is 11.8. The van der Waals surface area contributed by atoms with Crippen LogP contribution in [0, 0.1) is 5.92 Å². The number of hydrogen-bond donors (Lipinski definition) is 1. The Morgan fingerprint density at radius 1 is 1.47 bits per heavy atom. The van der Waals surface area contributed by atoms with Gasteiger partial charge in [0.2, 0.25) is 0 Å². The van der Waals surface area contributed by atoms with Gasteiger partial charge in [-0.2, -0.15) is 0 Å². The van der Waals surface area contributed by atoms with Crippen LogP contribution in [0.3, 0.4) is 0 Å². The van der Waals surface area contributed by atoms with Crippen molar-refractivity contribution in [2.75, 3.05) is 19.4 Å². The fraction of sp³-hybridized carbons (Fsp3) is 0.533. The molecule has 0 aliphatic heterocycles. The summed E-state index contributed by atoms with van der Waals surface area (Å²) in [5, 5.41) is 0. The molecule has 19 heavy (non-hydrogen) atoms. The summed E-state index contributed by atoms with van der Waals surface area (Å²) >= 11 is 0. The summed E-state index contributed by atoms with van der Waals surface area (Å²) in [6.07, 6.45) is 2.23. The third-order valence-corrected chi connectivity index (χ3v) is 3.29. The molecule has 1 aromatic rings. The number of benzene rings is 1. The molecule has 2 rings (SSSR count). The Morgan fingerprint density at radius 2 is 2.16 bits per heavy atom. The Balaban J connectivity index is 2.21. The number of carbonyl (C=O) groups is 1. The van der Waals surface area contributed by atoms with Crippen molar-refractivity contribution in [2.45, 2.75) is 32.7 Å². The molecule has 1 aromatic carbocycles. The van der Waals surface area contributed by atoms with Crippen molar-refractivity contribution in [3.8, 4) is 5.75 Å². The number of rotatable bonds is 5. The Bertz CT molecular complexity index is 467. The average Bonchev–Trinajstić information content (AvgIpc) is 3.20. The van der Waals surface area contributed by atoms with Crippen LogP contribution in [0.1, 0.15) is 37.0 Å². The monoisotopic (exact) mass is 262 g/mol. The van der Waals surface area contributed by atoms with Crippen molar-refractivity contribution in [3.05, 3.63) is 23.8 Å². The second-order valence-electron chi connectivity index (χ2n) is 5.54. The van der Waals surface area contributed by atoms with Gasteiger partial charge in [0.25, 0.3) is 5.91 Å². The summed E-state index contributed by atoms with van der Waals surface area (Å²) in [6, 6.07) is 5.65. The molecule has 0 spiro atoms. The Labute approximate surface area is 114 Å². The third kappa shape index (κ3) is 3.19. The van der Waals surface area contributed by atoms with Gasteiger partial charge in [-0.15, -0.1) is 0 Å². The summed E-state index contributed by atoms with van der Waals surface area (Å²) < 4.78 is 5.18. The van der Waals surface area contributed by atoms with Gasteiger partial charge >= 0.3 is 0 Å². The highest BCUT2D eigenvalue weighted by atomic mass is 16.5. The van der Waals surface area contributed by atoms with Crippen LogP contribution in [0.25, 0.3) is 0 Å². The zero-order valence-corrected chi connectivity index (χ0v) is 11.8. The molecule has 1 fully saturated rings. The van der Waals surface area contributed by atoms with Crippen molar-refractivity contribution in [3.63, 3.8) is 0 Å². The fourth-order valence-corrected chi connectivity index (χ4v) is 2.19. The number of methoxy groups -OCH3 is 1. The molecule has 2 N–H and O–H groups in total. The van der Waals surface area contributed by atoms with E-state index in [4.69, 9.17) is 10.5 Å². The van der Waals surface area contributed by atoms with Gasteiger partial charge in [-0.3, -0.25) is 4.79 Å². The maximum Gasteiger partial charge on any atom is 0.254 e. The highest BCUT2D eigenvalue weighted by Crippen LogP contribution is 2.30. The Morgan fingerprint density at radius 3 is 2.68 bits per heavy atom. The molecule has 0 radical (unpaired) electrons. The lowest BCUT2D eigenvalue weighted by atomic mass is 10.1. The Kier molecular flexibility index (Phi) is 3.98. The fourth-order valence-electron chi connectivity index (χ4n) is 2.19. The highest BCUT2D eigenvalue weighted by molar-refractivity contribution is 5.95. The Hall–Kier alpha value is -1.71. The number of amides is 1. The lowest BCUT2D eigenvalue weighted by Crippen LogP contribution is -2.36. The van der Waals surface area contributed by atoms with Crippen molar-refractivity contribution in [2.24, 2.45) is 5.92 Å². The van der Waals surface area contributed by atoms with Gasteiger partial charge < -0.3 is 15.4 Å². The summed E-state index contributed by atoms with van der Waals surface area (Å²) in [6.45, 7) is 5.06. The first-order valence-corrected chi connectivity index (χ1v) is 6.77. The van der Waals surface area contributed by atoms with Gasteiger partial charge in [0, 0.05) is 18.2 Å². The van der Waals surface area contributed by atoms with Gasteiger partial charge in [-0.05, 0) is 37.0 Å². The van der Waals surface area contributed by atoms with E-state index < -0.39 is 0 Å². The van der Waals surface area contributed by atoms with Gasteiger partial charge in [0.05, 0.1) is 12.8 Å². The molecule has 0 bridgehead atoms. The highest BCUT2D eigenvalue weighted by Gasteiger charge is 2.33. The second kappa shape index (κ2) is 5.51. The lowest BCUT2D eigenvalue weighted by molar-refractivity contribution is 0.0722. The number of hydrogen-bond acceptors (Lipinski definition) is 3. The van der Waals surface area contributed by atoms with E-state index in [-0.39, 0.29) is 5.91 Å². The molecule has 104 valence electrons. The molecule has 0 heterocycles. The van der Waals surface area contributed by atoms with Gasteiger partial charge in [0.15, 0.2) is 0 Å². The van der Waals surface area contributed by atoms with E-state index in [9.17, 15) is 4.79 Å². The van der Waals surface area contributed by atoms with Crippen LogP contribution in [-0.4, -0.2) is 30.5 Å². The minimum absolute atomic E-state index is 0.0782. The van der Waals surface area contributed by atoms with Crippen LogP contribution in [0.15, 0.2) is 18.2 Å². The quantitative estimate of drug-likeness (QED) is 0.830.